The first-order valence-corrected chi connectivity index (χ1v) is 4.51. The van der Waals surface area contributed by atoms with Gasteiger partial charge in [0.15, 0.2) is 0 Å². The van der Waals surface area contributed by atoms with Crippen molar-refractivity contribution >= 4 is 0 Å². The van der Waals surface area contributed by atoms with Gasteiger partial charge in [-0.05, 0) is 13.8 Å². The van der Waals surface area contributed by atoms with Gasteiger partial charge in [0.1, 0.15) is 12.7 Å². The summed E-state index contributed by atoms with van der Waals surface area (Å²) in [7, 11) is 0. The fourth-order valence-electron chi connectivity index (χ4n) is 0.994. The third kappa shape index (κ3) is 3.12. The highest BCUT2D eigenvalue weighted by Crippen LogP contribution is 1.99. The molecule has 0 aromatic carbocycles. The Morgan fingerprint density at radius 1 is 1.54 bits per heavy atom. The number of rotatable bonds is 5. The Morgan fingerprint density at radius 2 is 2.31 bits per heavy atom. The minimum atomic E-state index is 0.316. The largest absolute Gasteiger partial charge is 0.329 e. The summed E-state index contributed by atoms with van der Waals surface area (Å²) in [5.41, 5.74) is 5.48. The molecule has 1 rings (SSSR count). The number of nitrogens with one attached hydrogen (secondary N) is 1. The van der Waals surface area contributed by atoms with Gasteiger partial charge in [0.25, 0.3) is 0 Å². The Balaban J connectivity index is 2.30. The highest BCUT2D eigenvalue weighted by Gasteiger charge is 2.05. The zero-order valence-corrected chi connectivity index (χ0v) is 8.14. The van der Waals surface area contributed by atoms with E-state index in [1.54, 1.807) is 12.7 Å². The lowest BCUT2D eigenvalue weighted by Gasteiger charge is -2.16. The fraction of sp³-hybridized carbons (Fsp3) is 0.750. The molecule has 5 nitrogen and oxygen atoms in total. The van der Waals surface area contributed by atoms with Crippen LogP contribution in [0, 0.1) is 0 Å². The smallest absolute Gasteiger partial charge is 0.137 e. The minimum Gasteiger partial charge on any atom is -0.329 e. The molecule has 1 unspecified atom stereocenters. The zero-order chi connectivity index (χ0) is 9.68. The van der Waals surface area contributed by atoms with Gasteiger partial charge < -0.3 is 11.1 Å². The van der Waals surface area contributed by atoms with Crippen molar-refractivity contribution in [2.24, 2.45) is 5.73 Å². The molecule has 0 aliphatic carbocycles. The van der Waals surface area contributed by atoms with Crippen molar-refractivity contribution in [1.29, 1.82) is 0 Å². The molecule has 1 aromatic heterocycles. The maximum atomic E-state index is 5.48. The van der Waals surface area contributed by atoms with Gasteiger partial charge in [0, 0.05) is 19.1 Å². The van der Waals surface area contributed by atoms with E-state index in [9.17, 15) is 0 Å². The number of nitrogens with two attached hydrogens (primary N) is 1. The van der Waals surface area contributed by atoms with Crippen LogP contribution in [0.5, 0.6) is 0 Å². The van der Waals surface area contributed by atoms with Crippen molar-refractivity contribution in [2.75, 3.05) is 13.1 Å². The summed E-state index contributed by atoms with van der Waals surface area (Å²) < 4.78 is 1.83. The molecule has 0 amide bonds. The first kappa shape index (κ1) is 10.1. The first-order valence-electron chi connectivity index (χ1n) is 4.51. The monoisotopic (exact) mass is 183 g/mol. The summed E-state index contributed by atoms with van der Waals surface area (Å²) in [5.74, 6) is 0. The van der Waals surface area contributed by atoms with E-state index >= 15 is 0 Å². The van der Waals surface area contributed by atoms with E-state index in [0.717, 1.165) is 6.54 Å². The van der Waals surface area contributed by atoms with Crippen LogP contribution in [0.2, 0.25) is 0 Å². The Bertz CT molecular complexity index is 220. The van der Waals surface area contributed by atoms with Crippen molar-refractivity contribution < 1.29 is 0 Å². The summed E-state index contributed by atoms with van der Waals surface area (Å²) in [5, 5.41) is 7.36. The molecule has 0 saturated heterocycles. The quantitative estimate of drug-likeness (QED) is 0.662. The molecule has 74 valence electrons. The van der Waals surface area contributed by atoms with Crippen molar-refractivity contribution in [3.8, 4) is 0 Å². The average Bonchev–Trinajstić information content (AvgIpc) is 2.66. The molecule has 0 spiro atoms. The van der Waals surface area contributed by atoms with Gasteiger partial charge in [-0.1, -0.05) is 0 Å². The average molecular weight is 183 g/mol. The van der Waals surface area contributed by atoms with Gasteiger partial charge in [-0.2, -0.15) is 5.10 Å². The summed E-state index contributed by atoms with van der Waals surface area (Å²) in [6.45, 7) is 5.67. The van der Waals surface area contributed by atoms with Gasteiger partial charge in [0.05, 0.1) is 6.04 Å². The third-order valence-electron chi connectivity index (χ3n) is 2.00. The molecule has 3 N–H and O–H groups in total. The van der Waals surface area contributed by atoms with E-state index in [1.807, 2.05) is 4.68 Å². The lowest BCUT2D eigenvalue weighted by molar-refractivity contribution is 0.425. The summed E-state index contributed by atoms with van der Waals surface area (Å²) in [6, 6.07) is 0.669. The van der Waals surface area contributed by atoms with Gasteiger partial charge in [0.2, 0.25) is 0 Å². The van der Waals surface area contributed by atoms with E-state index < -0.39 is 0 Å². The van der Waals surface area contributed by atoms with E-state index in [-0.39, 0.29) is 0 Å². The molecule has 1 aromatic rings. The Labute approximate surface area is 78.3 Å². The second kappa shape index (κ2) is 4.94. The molecule has 0 fully saturated rings. The minimum absolute atomic E-state index is 0.316. The SMILES string of the molecule is CC(CN[C@H](C)CN)n1cncn1. The van der Waals surface area contributed by atoms with Gasteiger partial charge in [-0.3, -0.25) is 0 Å². The lowest BCUT2D eigenvalue weighted by Crippen LogP contribution is -2.36. The maximum Gasteiger partial charge on any atom is 0.137 e. The normalized spacial score (nSPS) is 15.6. The van der Waals surface area contributed by atoms with Crippen molar-refractivity contribution in [2.45, 2.75) is 25.9 Å². The zero-order valence-electron chi connectivity index (χ0n) is 8.14. The number of hydrogen-bond donors (Lipinski definition) is 2. The van der Waals surface area contributed by atoms with Crippen LogP contribution in [-0.2, 0) is 0 Å². The Hall–Kier alpha value is -0.940. The van der Waals surface area contributed by atoms with Crippen LogP contribution in [0.15, 0.2) is 12.7 Å². The second-order valence-corrected chi connectivity index (χ2v) is 3.27. The van der Waals surface area contributed by atoms with E-state index in [0.29, 0.717) is 18.6 Å². The van der Waals surface area contributed by atoms with E-state index in [1.165, 1.54) is 0 Å². The van der Waals surface area contributed by atoms with Gasteiger partial charge in [-0.25, -0.2) is 9.67 Å². The molecule has 0 saturated carbocycles. The fourth-order valence-corrected chi connectivity index (χ4v) is 0.994. The first-order chi connectivity index (χ1) is 6.24. The molecule has 0 bridgehead atoms. The highest BCUT2D eigenvalue weighted by atomic mass is 15.3. The van der Waals surface area contributed by atoms with Crippen molar-refractivity contribution in [3.05, 3.63) is 12.7 Å². The molecule has 5 heteroatoms. The van der Waals surface area contributed by atoms with Crippen LogP contribution in [0.3, 0.4) is 0 Å². The predicted octanol–water partition coefficient (Wildman–Crippen LogP) is -0.224. The molecular formula is C8H17N5. The topological polar surface area (TPSA) is 68.8 Å². The molecule has 0 aliphatic heterocycles. The Kier molecular flexibility index (Phi) is 3.85. The van der Waals surface area contributed by atoms with E-state index in [4.69, 9.17) is 5.73 Å². The molecule has 13 heavy (non-hydrogen) atoms. The Morgan fingerprint density at radius 3 is 2.85 bits per heavy atom. The molecule has 2 atom stereocenters. The lowest BCUT2D eigenvalue weighted by atomic mass is 10.3. The van der Waals surface area contributed by atoms with Gasteiger partial charge >= 0.3 is 0 Å². The second-order valence-electron chi connectivity index (χ2n) is 3.27. The van der Waals surface area contributed by atoms with Crippen molar-refractivity contribution in [3.63, 3.8) is 0 Å². The number of nitrogens with zero attached hydrogens (tertiary/aromatic N) is 3. The molecular weight excluding hydrogens is 166 g/mol. The van der Waals surface area contributed by atoms with E-state index in [2.05, 4.69) is 29.2 Å². The van der Waals surface area contributed by atoms with Crippen LogP contribution in [0.25, 0.3) is 0 Å². The molecule has 0 aliphatic rings. The molecule has 0 radical (unpaired) electrons. The maximum absolute atomic E-state index is 5.48. The summed E-state index contributed by atoms with van der Waals surface area (Å²) in [6.07, 6.45) is 3.27. The number of aromatic nitrogens is 3. The third-order valence-corrected chi connectivity index (χ3v) is 2.00. The van der Waals surface area contributed by atoms with Crippen LogP contribution in [0.1, 0.15) is 19.9 Å². The van der Waals surface area contributed by atoms with Crippen LogP contribution < -0.4 is 11.1 Å². The van der Waals surface area contributed by atoms with Crippen molar-refractivity contribution in [1.82, 2.24) is 20.1 Å². The number of hydrogen-bond acceptors (Lipinski definition) is 4. The predicted molar refractivity (Wildman–Crippen MR) is 51.3 cm³/mol. The standard InChI is InChI=1S/C8H17N5/c1-7(3-9)11-4-8(2)13-6-10-5-12-13/h5-8,11H,3-4,9H2,1-2H3/t7-,8?/m1/s1. The van der Waals surface area contributed by atoms with Crippen LogP contribution in [0.4, 0.5) is 0 Å². The van der Waals surface area contributed by atoms with Gasteiger partial charge in [-0.15, -0.1) is 0 Å². The summed E-state index contributed by atoms with van der Waals surface area (Å²) in [4.78, 5) is 3.89. The molecule has 1 heterocycles. The van der Waals surface area contributed by atoms with Crippen LogP contribution in [-0.4, -0.2) is 33.9 Å². The van der Waals surface area contributed by atoms with Crippen LogP contribution >= 0.6 is 0 Å². The highest BCUT2D eigenvalue weighted by molar-refractivity contribution is 4.69. The summed E-state index contributed by atoms with van der Waals surface area (Å²) >= 11 is 0.